The van der Waals surface area contributed by atoms with E-state index in [-0.39, 0.29) is 11.7 Å². The van der Waals surface area contributed by atoms with Crippen LogP contribution in [0, 0.1) is 3.57 Å². The summed E-state index contributed by atoms with van der Waals surface area (Å²) in [6.45, 7) is -0.198. The number of benzene rings is 2. The fraction of sp³-hybridized carbons (Fsp3) is 0.118. The Bertz CT molecular complexity index is 802. The van der Waals surface area contributed by atoms with Crippen molar-refractivity contribution in [2.75, 3.05) is 13.7 Å². The number of hydrogen-bond donors (Lipinski definition) is 3. The molecule has 0 aliphatic heterocycles. The second kappa shape index (κ2) is 9.92. The zero-order valence-electron chi connectivity index (χ0n) is 13.7. The Morgan fingerprint density at radius 1 is 1.12 bits per heavy atom. The fourth-order valence-corrected chi connectivity index (χ4v) is 2.75. The van der Waals surface area contributed by atoms with Gasteiger partial charge in [-0.15, -0.1) is 0 Å². The molecule has 7 nitrogen and oxygen atoms in total. The topological polar surface area (TPSA) is 88.7 Å². The molecule has 26 heavy (non-hydrogen) atoms. The van der Waals surface area contributed by atoms with Gasteiger partial charge in [0.25, 0.3) is 11.8 Å². The summed E-state index contributed by atoms with van der Waals surface area (Å²) in [5.41, 5.74) is 5.30. The number of hydrazine groups is 1. The van der Waals surface area contributed by atoms with Gasteiger partial charge >= 0.3 is 0 Å². The Morgan fingerprint density at radius 2 is 1.85 bits per heavy atom. The zero-order chi connectivity index (χ0) is 18.9. The smallest absolute Gasteiger partial charge is 0.269 e. The van der Waals surface area contributed by atoms with Crippen LogP contribution in [0.15, 0.2) is 48.5 Å². The minimum absolute atomic E-state index is 0.0387. The lowest BCUT2D eigenvalue weighted by Gasteiger charge is -2.12. The molecular weight excluding hydrogens is 469 g/mol. The average molecular weight is 485 g/mol. The van der Waals surface area contributed by atoms with Gasteiger partial charge in [0.1, 0.15) is 11.5 Å². The van der Waals surface area contributed by atoms with Gasteiger partial charge in [0, 0.05) is 5.56 Å². The van der Waals surface area contributed by atoms with Gasteiger partial charge in [-0.25, -0.2) is 0 Å². The van der Waals surface area contributed by atoms with Crippen LogP contribution in [-0.4, -0.2) is 30.6 Å². The summed E-state index contributed by atoms with van der Waals surface area (Å²) in [5, 5.41) is 2.37. The molecule has 0 aromatic heterocycles. The van der Waals surface area contributed by atoms with E-state index in [0.717, 1.165) is 3.57 Å². The van der Waals surface area contributed by atoms with Gasteiger partial charge in [-0.05, 0) is 65.1 Å². The van der Waals surface area contributed by atoms with Gasteiger partial charge < -0.3 is 9.47 Å². The Labute approximate surface area is 169 Å². The summed E-state index contributed by atoms with van der Waals surface area (Å²) in [6.07, 6.45) is 0. The van der Waals surface area contributed by atoms with Crippen molar-refractivity contribution in [2.24, 2.45) is 0 Å². The summed E-state index contributed by atoms with van der Waals surface area (Å²) < 4.78 is 11.2. The van der Waals surface area contributed by atoms with Crippen molar-refractivity contribution in [1.29, 1.82) is 0 Å². The fourth-order valence-electron chi connectivity index (χ4n) is 1.85. The number of nitrogens with one attached hydrogen (secondary N) is 3. The SMILES string of the molecule is COc1ccc(C(=O)NNC(=S)NC(=O)COc2ccccc2)cc1I. The molecule has 0 heterocycles. The van der Waals surface area contributed by atoms with E-state index >= 15 is 0 Å². The predicted octanol–water partition coefficient (Wildman–Crippen LogP) is 2.01. The number of thiocarbonyl (C=S) groups is 1. The maximum atomic E-state index is 12.1. The predicted molar refractivity (Wildman–Crippen MR) is 109 cm³/mol. The van der Waals surface area contributed by atoms with E-state index in [1.54, 1.807) is 49.6 Å². The number of carbonyl (C=O) groups excluding carboxylic acids is 2. The highest BCUT2D eigenvalue weighted by Gasteiger charge is 2.10. The Hall–Kier alpha value is -2.40. The molecule has 0 atom stereocenters. The summed E-state index contributed by atoms with van der Waals surface area (Å²) in [7, 11) is 1.56. The first-order valence-electron chi connectivity index (χ1n) is 7.41. The molecule has 2 rings (SSSR count). The molecule has 9 heteroatoms. The van der Waals surface area contributed by atoms with Crippen LogP contribution < -0.4 is 25.6 Å². The molecule has 0 bridgehead atoms. The molecule has 0 unspecified atom stereocenters. The lowest BCUT2D eigenvalue weighted by molar-refractivity contribution is -0.121. The van der Waals surface area contributed by atoms with Gasteiger partial charge in [-0.3, -0.25) is 25.8 Å². The highest BCUT2D eigenvalue weighted by Crippen LogP contribution is 2.21. The van der Waals surface area contributed by atoms with Crippen LogP contribution in [0.25, 0.3) is 0 Å². The van der Waals surface area contributed by atoms with Crippen molar-refractivity contribution in [2.45, 2.75) is 0 Å². The Kier molecular flexibility index (Phi) is 7.60. The van der Waals surface area contributed by atoms with Crippen molar-refractivity contribution in [3.63, 3.8) is 0 Å². The maximum Gasteiger partial charge on any atom is 0.269 e. The standard InChI is InChI=1S/C17H16IN3O4S/c1-24-14-8-7-11(9-13(14)18)16(23)20-21-17(26)19-15(22)10-25-12-5-3-2-4-6-12/h2-9H,10H2,1H3,(H,20,23)(H2,19,21,22,26). The number of halogens is 1. The normalized spacial score (nSPS) is 9.77. The van der Waals surface area contributed by atoms with Crippen LogP contribution in [0.3, 0.4) is 0 Å². The van der Waals surface area contributed by atoms with Crippen molar-refractivity contribution in [1.82, 2.24) is 16.2 Å². The van der Waals surface area contributed by atoms with E-state index in [1.165, 1.54) is 0 Å². The number of rotatable bonds is 5. The van der Waals surface area contributed by atoms with Crippen LogP contribution in [0.4, 0.5) is 0 Å². The molecule has 0 radical (unpaired) electrons. The highest BCUT2D eigenvalue weighted by atomic mass is 127. The second-order valence-electron chi connectivity index (χ2n) is 4.91. The van der Waals surface area contributed by atoms with E-state index in [1.807, 2.05) is 6.07 Å². The van der Waals surface area contributed by atoms with Crippen molar-refractivity contribution < 1.29 is 19.1 Å². The van der Waals surface area contributed by atoms with E-state index in [0.29, 0.717) is 17.1 Å². The quantitative estimate of drug-likeness (QED) is 0.341. The van der Waals surface area contributed by atoms with Gasteiger partial charge in [0.2, 0.25) is 0 Å². The lowest BCUT2D eigenvalue weighted by atomic mass is 10.2. The lowest BCUT2D eigenvalue weighted by Crippen LogP contribution is -2.49. The minimum atomic E-state index is -0.445. The number of hydrogen-bond acceptors (Lipinski definition) is 5. The highest BCUT2D eigenvalue weighted by molar-refractivity contribution is 14.1. The molecule has 2 amide bonds. The zero-order valence-corrected chi connectivity index (χ0v) is 16.7. The molecule has 0 saturated carbocycles. The van der Waals surface area contributed by atoms with E-state index in [4.69, 9.17) is 21.7 Å². The van der Waals surface area contributed by atoms with Crippen molar-refractivity contribution in [3.8, 4) is 11.5 Å². The van der Waals surface area contributed by atoms with Gasteiger partial charge in [0.05, 0.1) is 10.7 Å². The first-order valence-corrected chi connectivity index (χ1v) is 8.90. The van der Waals surface area contributed by atoms with E-state index < -0.39 is 11.8 Å². The third-order valence-electron chi connectivity index (χ3n) is 3.07. The summed E-state index contributed by atoms with van der Waals surface area (Å²) in [6, 6.07) is 13.9. The van der Waals surface area contributed by atoms with Crippen molar-refractivity contribution >= 4 is 51.7 Å². The summed E-state index contributed by atoms with van der Waals surface area (Å²) >= 11 is 7.03. The molecule has 0 aliphatic carbocycles. The number of para-hydroxylation sites is 1. The third-order valence-corrected chi connectivity index (χ3v) is 4.12. The van der Waals surface area contributed by atoms with Crippen LogP contribution in [0.1, 0.15) is 10.4 Å². The minimum Gasteiger partial charge on any atom is -0.496 e. The first-order chi connectivity index (χ1) is 12.5. The van der Waals surface area contributed by atoms with E-state index in [9.17, 15) is 9.59 Å². The van der Waals surface area contributed by atoms with Crippen molar-refractivity contribution in [3.05, 3.63) is 57.7 Å². The van der Waals surface area contributed by atoms with Crippen LogP contribution in [-0.2, 0) is 4.79 Å². The summed E-state index contributed by atoms with van der Waals surface area (Å²) in [5.74, 6) is 0.405. The maximum absolute atomic E-state index is 12.1. The molecule has 2 aromatic rings. The summed E-state index contributed by atoms with van der Waals surface area (Å²) in [4.78, 5) is 23.8. The number of methoxy groups -OCH3 is 1. The first kappa shape index (κ1) is 19.9. The number of ether oxygens (including phenoxy) is 2. The molecule has 0 saturated heterocycles. The molecule has 0 fully saturated rings. The van der Waals surface area contributed by atoms with Gasteiger partial charge in [-0.2, -0.15) is 0 Å². The molecule has 2 aromatic carbocycles. The Morgan fingerprint density at radius 3 is 2.50 bits per heavy atom. The average Bonchev–Trinajstić information content (AvgIpc) is 2.65. The van der Waals surface area contributed by atoms with Gasteiger partial charge in [-0.1, -0.05) is 18.2 Å². The van der Waals surface area contributed by atoms with Gasteiger partial charge in [0.15, 0.2) is 11.7 Å². The third kappa shape index (κ3) is 6.15. The largest absolute Gasteiger partial charge is 0.496 e. The monoisotopic (exact) mass is 485 g/mol. The molecular formula is C17H16IN3O4S. The van der Waals surface area contributed by atoms with Crippen LogP contribution in [0.5, 0.6) is 11.5 Å². The van der Waals surface area contributed by atoms with E-state index in [2.05, 4.69) is 38.8 Å². The second-order valence-corrected chi connectivity index (χ2v) is 6.48. The number of amides is 2. The van der Waals surface area contributed by atoms with Crippen LogP contribution >= 0.6 is 34.8 Å². The van der Waals surface area contributed by atoms with Crippen LogP contribution in [0.2, 0.25) is 0 Å². The molecule has 0 aliphatic rings. The molecule has 0 spiro atoms. The number of carbonyl (C=O) groups is 2. The molecule has 136 valence electrons. The Balaban J connectivity index is 1.76. The molecule has 3 N–H and O–H groups in total.